The molecule has 2 N–H and O–H groups in total. The number of aromatic nitrogens is 3. The van der Waals surface area contributed by atoms with Gasteiger partial charge in [-0.3, -0.25) is 4.98 Å². The Labute approximate surface area is 108 Å². The average Bonchev–Trinajstić information content (AvgIpc) is 2.35. The molecule has 92 valence electrons. The summed E-state index contributed by atoms with van der Waals surface area (Å²) < 4.78 is 13.0. The summed E-state index contributed by atoms with van der Waals surface area (Å²) >= 11 is 5.88. The maximum absolute atomic E-state index is 13.0. The summed E-state index contributed by atoms with van der Waals surface area (Å²) in [6.07, 6.45) is 2.55. The first-order valence-corrected chi connectivity index (χ1v) is 5.46. The van der Waals surface area contributed by atoms with Crippen LogP contribution in [0.4, 0.5) is 10.2 Å². The van der Waals surface area contributed by atoms with Crippen LogP contribution in [-0.2, 0) is 0 Å². The van der Waals surface area contributed by atoms with Crippen molar-refractivity contribution in [3.05, 3.63) is 53.0 Å². The highest BCUT2D eigenvalue weighted by atomic mass is 35.5. The van der Waals surface area contributed by atoms with Crippen molar-refractivity contribution in [2.75, 3.05) is 5.73 Å². The highest BCUT2D eigenvalue weighted by Gasteiger charge is 2.12. The summed E-state index contributed by atoms with van der Waals surface area (Å²) in [5.74, 6) is -0.623. The number of halogens is 2. The van der Waals surface area contributed by atoms with E-state index in [9.17, 15) is 4.39 Å². The van der Waals surface area contributed by atoms with Crippen LogP contribution in [0.25, 0.3) is 5.57 Å². The molecule has 2 rings (SSSR count). The molecule has 0 aliphatic heterocycles. The van der Waals surface area contributed by atoms with Crippen molar-refractivity contribution in [2.24, 2.45) is 0 Å². The Kier molecular flexibility index (Phi) is 3.25. The van der Waals surface area contributed by atoms with E-state index in [1.165, 1.54) is 6.20 Å². The van der Waals surface area contributed by atoms with E-state index in [1.807, 2.05) is 6.92 Å². The average molecular weight is 265 g/mol. The van der Waals surface area contributed by atoms with E-state index in [-0.39, 0.29) is 11.6 Å². The molecule has 0 atom stereocenters. The summed E-state index contributed by atoms with van der Waals surface area (Å²) in [7, 11) is 0. The first-order chi connectivity index (χ1) is 8.49. The third kappa shape index (κ3) is 2.31. The third-order valence-corrected chi connectivity index (χ3v) is 2.63. The minimum Gasteiger partial charge on any atom is -0.381 e. The number of nitrogen functional groups attached to an aromatic ring is 1. The van der Waals surface area contributed by atoms with Crippen molar-refractivity contribution >= 4 is 23.0 Å². The Hall–Kier alpha value is -2.01. The highest BCUT2D eigenvalue weighted by molar-refractivity contribution is 6.30. The van der Waals surface area contributed by atoms with E-state index in [0.717, 1.165) is 11.9 Å². The lowest BCUT2D eigenvalue weighted by Gasteiger charge is -2.08. The van der Waals surface area contributed by atoms with Crippen molar-refractivity contribution in [3.63, 3.8) is 0 Å². The van der Waals surface area contributed by atoms with E-state index >= 15 is 0 Å². The van der Waals surface area contributed by atoms with E-state index in [1.54, 1.807) is 6.07 Å². The van der Waals surface area contributed by atoms with Crippen molar-refractivity contribution in [1.29, 1.82) is 0 Å². The molecule has 0 bridgehead atoms. The number of pyridine rings is 1. The van der Waals surface area contributed by atoms with Gasteiger partial charge in [-0.15, -0.1) is 0 Å². The van der Waals surface area contributed by atoms with Gasteiger partial charge < -0.3 is 5.73 Å². The summed E-state index contributed by atoms with van der Waals surface area (Å²) in [4.78, 5) is 11.8. The number of nitrogens with two attached hydrogens (primary N) is 1. The number of nitrogens with zero attached hydrogens (tertiary/aromatic N) is 3. The molecule has 6 heteroatoms. The second kappa shape index (κ2) is 4.70. The molecule has 4 nitrogen and oxygen atoms in total. The Balaban J connectivity index is 2.47. The number of hydrogen-bond donors (Lipinski definition) is 1. The van der Waals surface area contributed by atoms with Crippen LogP contribution in [0.1, 0.15) is 17.1 Å². The molecule has 0 spiro atoms. The van der Waals surface area contributed by atoms with Crippen molar-refractivity contribution in [1.82, 2.24) is 15.0 Å². The Morgan fingerprint density at radius 1 is 1.39 bits per heavy atom. The normalized spacial score (nSPS) is 10.4. The first-order valence-electron chi connectivity index (χ1n) is 5.09. The molecule has 2 aromatic rings. The Morgan fingerprint density at radius 2 is 2.11 bits per heavy atom. The van der Waals surface area contributed by atoms with E-state index in [2.05, 4.69) is 21.5 Å². The van der Waals surface area contributed by atoms with Crippen LogP contribution in [0.2, 0.25) is 5.02 Å². The topological polar surface area (TPSA) is 64.7 Å². The number of aryl methyl sites for hydroxylation is 1. The zero-order valence-electron chi connectivity index (χ0n) is 9.61. The molecule has 0 saturated carbocycles. The molecule has 0 unspecified atom stereocenters. The van der Waals surface area contributed by atoms with Crippen LogP contribution in [0.15, 0.2) is 25.0 Å². The monoisotopic (exact) mass is 264 g/mol. The van der Waals surface area contributed by atoms with Gasteiger partial charge in [0.05, 0.1) is 11.2 Å². The molecule has 0 aliphatic carbocycles. The van der Waals surface area contributed by atoms with E-state index in [4.69, 9.17) is 17.3 Å². The Bertz CT molecular complexity index is 627. The summed E-state index contributed by atoms with van der Waals surface area (Å²) in [5, 5.41) is 0.479. The molecule has 18 heavy (non-hydrogen) atoms. The van der Waals surface area contributed by atoms with Gasteiger partial charge in [0.1, 0.15) is 0 Å². The lowest BCUT2D eigenvalue weighted by atomic mass is 10.1. The molecule has 0 aliphatic rings. The van der Waals surface area contributed by atoms with Crippen LogP contribution < -0.4 is 5.73 Å². The van der Waals surface area contributed by atoms with Gasteiger partial charge in [0.2, 0.25) is 0 Å². The zero-order valence-corrected chi connectivity index (χ0v) is 10.4. The van der Waals surface area contributed by atoms with Gasteiger partial charge in [-0.1, -0.05) is 18.2 Å². The second-order valence-corrected chi connectivity index (χ2v) is 4.13. The quantitative estimate of drug-likeness (QED) is 0.906. The van der Waals surface area contributed by atoms with E-state index in [0.29, 0.717) is 16.2 Å². The minimum absolute atomic E-state index is 0.214. The van der Waals surface area contributed by atoms with Crippen LogP contribution >= 0.6 is 11.6 Å². The second-order valence-electron chi connectivity index (χ2n) is 3.69. The van der Waals surface area contributed by atoms with Crippen LogP contribution in [0, 0.1) is 12.7 Å². The maximum atomic E-state index is 13.0. The highest BCUT2D eigenvalue weighted by Crippen LogP contribution is 2.24. The van der Waals surface area contributed by atoms with Gasteiger partial charge in [-0.05, 0) is 13.0 Å². The fraction of sp³-hybridized carbons (Fsp3) is 0.0833. The molecular formula is C12H10ClFN4. The standard InChI is InChI=1S/C12H10ClFN4/c1-6(9-3-8(13)4-16-7(9)2)12-17-5-10(14)11(15)18-12/h3-5H,1H2,2H3,(H2,15,17,18). The summed E-state index contributed by atoms with van der Waals surface area (Å²) in [6, 6.07) is 1.70. The smallest absolute Gasteiger partial charge is 0.183 e. The molecule has 0 amide bonds. The molecule has 0 aromatic carbocycles. The Morgan fingerprint density at radius 3 is 2.78 bits per heavy atom. The summed E-state index contributed by atoms with van der Waals surface area (Å²) in [5.41, 5.74) is 7.32. The van der Waals surface area contributed by atoms with Gasteiger partial charge in [-0.2, -0.15) is 0 Å². The fourth-order valence-electron chi connectivity index (χ4n) is 1.46. The summed E-state index contributed by atoms with van der Waals surface area (Å²) in [6.45, 7) is 5.68. The van der Waals surface area contributed by atoms with Crippen molar-refractivity contribution in [2.45, 2.75) is 6.92 Å². The number of rotatable bonds is 2. The van der Waals surface area contributed by atoms with Crippen LogP contribution in [0.3, 0.4) is 0 Å². The minimum atomic E-state index is -0.660. The lowest BCUT2D eigenvalue weighted by Crippen LogP contribution is -2.03. The largest absolute Gasteiger partial charge is 0.381 e. The van der Waals surface area contributed by atoms with Gasteiger partial charge in [0.25, 0.3) is 0 Å². The predicted molar refractivity (Wildman–Crippen MR) is 68.5 cm³/mol. The van der Waals surface area contributed by atoms with Gasteiger partial charge >= 0.3 is 0 Å². The fourth-order valence-corrected chi connectivity index (χ4v) is 1.62. The molecule has 2 aromatic heterocycles. The van der Waals surface area contributed by atoms with Crippen LogP contribution in [0.5, 0.6) is 0 Å². The maximum Gasteiger partial charge on any atom is 0.183 e. The van der Waals surface area contributed by atoms with Gasteiger partial charge in [-0.25, -0.2) is 14.4 Å². The van der Waals surface area contributed by atoms with Crippen molar-refractivity contribution in [3.8, 4) is 0 Å². The molecule has 0 fully saturated rings. The first kappa shape index (κ1) is 12.4. The third-order valence-electron chi connectivity index (χ3n) is 2.42. The lowest BCUT2D eigenvalue weighted by molar-refractivity contribution is 0.618. The predicted octanol–water partition coefficient (Wildman–Crippen LogP) is 2.62. The molecule has 0 radical (unpaired) electrons. The van der Waals surface area contributed by atoms with E-state index < -0.39 is 5.82 Å². The van der Waals surface area contributed by atoms with Crippen LogP contribution in [-0.4, -0.2) is 15.0 Å². The van der Waals surface area contributed by atoms with Gasteiger partial charge in [0, 0.05) is 23.0 Å². The molecule has 0 saturated heterocycles. The SMILES string of the molecule is C=C(c1ncc(F)c(N)n1)c1cc(Cl)cnc1C. The zero-order chi connectivity index (χ0) is 13.3. The molecular weight excluding hydrogens is 255 g/mol. The van der Waals surface area contributed by atoms with Crippen molar-refractivity contribution < 1.29 is 4.39 Å². The number of hydrogen-bond acceptors (Lipinski definition) is 4. The molecule has 2 heterocycles. The number of anilines is 1. The van der Waals surface area contributed by atoms with Gasteiger partial charge in [0.15, 0.2) is 17.5 Å².